The molecule has 32 heteroatoms. The molecular formula is C109H92Cl4F3N11O14. The van der Waals surface area contributed by atoms with E-state index in [1.807, 2.05) is 101 Å². The quantitative estimate of drug-likeness (QED) is 0.0596. The third kappa shape index (κ3) is 18.4. The third-order valence-corrected chi connectivity index (χ3v) is 29.0. The Labute approximate surface area is 828 Å². The van der Waals surface area contributed by atoms with Gasteiger partial charge in [-0.3, -0.25) is 47.9 Å². The lowest BCUT2D eigenvalue weighted by molar-refractivity contribution is -0.138. The van der Waals surface area contributed by atoms with E-state index >= 15 is 0 Å². The monoisotopic (exact) mass is 1980 g/mol. The van der Waals surface area contributed by atoms with Crippen molar-refractivity contribution in [2.45, 2.75) is 83.0 Å². The summed E-state index contributed by atoms with van der Waals surface area (Å²) in [4.78, 5) is 143. The number of fused-ring (bicyclic) bond motifs is 7. The number of amides is 10. The number of likely N-dealkylation sites (tertiary alicyclic amines) is 5. The van der Waals surface area contributed by atoms with Crippen molar-refractivity contribution in [2.75, 3.05) is 65.4 Å². The Bertz CT molecular complexity index is 7200. The number of rotatable bonds is 15. The van der Waals surface area contributed by atoms with Crippen LogP contribution in [-0.4, -0.2) is 229 Å². The average molecular weight is 1980 g/mol. The minimum Gasteiger partial charge on any atom is -0.508 e. The molecule has 0 saturated carbocycles. The van der Waals surface area contributed by atoms with Crippen LogP contribution in [0.3, 0.4) is 0 Å². The van der Waals surface area contributed by atoms with E-state index in [9.17, 15) is 81.5 Å². The SMILES string of the molecule is C=CC(=O)N1CC(N2Cc3c(C)cc(-c4cc(O)cc5ccccc45)cc3C2=O)C1.C=CC(=O)N1CC(N2Cc3c(C)cc(-c4cc(O)ccc4Cl)cc3C2=O)C1.C=CC(=O)N1CC(N2Cc3c(Cl)cc(-c4cc(O)ccc4Cl)cc3C2=O)C1.C=CC(=O)N1CC(N2Cc3c(cc(-c4cc(O)ccc4Cl)cc3C(F)(F)F)C2=O)C1.C=CC(=O)N1CC(N2Cc3ccc(-c4c[nH]c5ccccc45)cc3C2=O)C1. The van der Waals surface area contributed by atoms with Crippen molar-refractivity contribution < 1.29 is 81.5 Å². The summed E-state index contributed by atoms with van der Waals surface area (Å²) in [5.74, 6) is -1.02. The smallest absolute Gasteiger partial charge is 0.416 e. The highest BCUT2D eigenvalue weighted by molar-refractivity contribution is 6.35. The lowest BCUT2D eigenvalue weighted by Crippen LogP contribution is -2.60. The number of aromatic nitrogens is 1. The van der Waals surface area contributed by atoms with Crippen molar-refractivity contribution >= 4 is 127 Å². The van der Waals surface area contributed by atoms with Crippen LogP contribution in [0, 0.1) is 13.8 Å². The van der Waals surface area contributed by atoms with Gasteiger partial charge in [-0.25, -0.2) is 0 Å². The van der Waals surface area contributed by atoms with Crippen molar-refractivity contribution in [3.05, 3.63) is 344 Å². The fraction of sp³-hybridized carbons (Fsp3) is 0.211. The summed E-state index contributed by atoms with van der Waals surface area (Å²) in [6, 6.07) is 52.6. The van der Waals surface area contributed by atoms with Crippen LogP contribution in [0.5, 0.6) is 23.0 Å². The predicted octanol–water partition coefficient (Wildman–Crippen LogP) is 18.2. The molecule has 22 rings (SSSR count). The Hall–Kier alpha value is -15.2. The first kappa shape index (κ1) is 96.1. The van der Waals surface area contributed by atoms with Crippen molar-refractivity contribution in [3.63, 3.8) is 0 Å². The van der Waals surface area contributed by atoms with E-state index in [-0.39, 0.29) is 153 Å². The molecule has 0 radical (unpaired) electrons. The van der Waals surface area contributed by atoms with Crippen LogP contribution in [-0.2, 0) is 62.9 Å². The number of phenolic OH excluding ortho intramolecular Hbond substituents is 4. The second-order valence-electron chi connectivity index (χ2n) is 36.2. The van der Waals surface area contributed by atoms with Gasteiger partial charge in [0.25, 0.3) is 29.5 Å². The van der Waals surface area contributed by atoms with E-state index < -0.39 is 17.6 Å². The Kier molecular flexibility index (Phi) is 26.2. The van der Waals surface area contributed by atoms with E-state index in [1.54, 1.807) is 73.0 Å². The normalized spacial score (nSPS) is 16.3. The van der Waals surface area contributed by atoms with Crippen LogP contribution >= 0.6 is 46.4 Å². The number of phenols is 4. The van der Waals surface area contributed by atoms with Gasteiger partial charge in [0.2, 0.25) is 29.5 Å². The number of carbonyl (C=O) groups is 10. The van der Waals surface area contributed by atoms with E-state index in [2.05, 4.69) is 62.1 Å². The number of carbonyl (C=O) groups excluding carboxylic acids is 10. The fourth-order valence-corrected chi connectivity index (χ4v) is 20.7. The summed E-state index contributed by atoms with van der Waals surface area (Å²) in [6.07, 6.45) is 3.68. The Morgan fingerprint density at radius 1 is 0.333 bits per heavy atom. The van der Waals surface area contributed by atoms with Crippen LogP contribution in [0.25, 0.3) is 77.3 Å². The van der Waals surface area contributed by atoms with Crippen LogP contribution in [0.4, 0.5) is 13.2 Å². The molecule has 0 spiro atoms. The third-order valence-electron chi connectivity index (χ3n) is 27.7. The molecule has 5 N–H and O–H groups in total. The van der Waals surface area contributed by atoms with Crippen molar-refractivity contribution in [1.29, 1.82) is 0 Å². The number of H-pyrrole nitrogens is 1. The zero-order valence-electron chi connectivity index (χ0n) is 76.3. The van der Waals surface area contributed by atoms with Crippen LogP contribution in [0.15, 0.2) is 251 Å². The number of aromatic amines is 1. The number of alkyl halides is 3. The average Bonchev–Trinajstić information content (AvgIpc) is 1.60. The highest BCUT2D eigenvalue weighted by Gasteiger charge is 2.49. The second kappa shape index (κ2) is 38.5. The Morgan fingerprint density at radius 2 is 0.667 bits per heavy atom. The summed E-state index contributed by atoms with van der Waals surface area (Å²) < 4.78 is 41.4. The molecule has 11 heterocycles. The first-order valence-corrected chi connectivity index (χ1v) is 46.8. The van der Waals surface area contributed by atoms with Crippen LogP contribution in [0.2, 0.25) is 20.1 Å². The molecular weight excluding hydrogens is 1890 g/mol. The summed E-state index contributed by atoms with van der Waals surface area (Å²) in [7, 11) is 0. The van der Waals surface area contributed by atoms with Gasteiger partial charge in [-0.2, -0.15) is 13.2 Å². The molecule has 716 valence electrons. The van der Waals surface area contributed by atoms with E-state index in [1.165, 1.54) is 70.5 Å². The maximum Gasteiger partial charge on any atom is 0.416 e. The van der Waals surface area contributed by atoms with Gasteiger partial charge in [0.15, 0.2) is 0 Å². The summed E-state index contributed by atoms with van der Waals surface area (Å²) in [6.45, 7) is 28.2. The molecule has 5 fully saturated rings. The maximum absolute atomic E-state index is 13.8. The highest BCUT2D eigenvalue weighted by atomic mass is 35.5. The highest BCUT2D eigenvalue weighted by Crippen LogP contribution is 2.47. The molecule has 0 unspecified atom stereocenters. The topological polar surface area (TPSA) is 300 Å². The van der Waals surface area contributed by atoms with Crippen molar-refractivity contribution in [2.24, 2.45) is 0 Å². The molecule has 5 saturated heterocycles. The van der Waals surface area contributed by atoms with Gasteiger partial charge in [-0.05, 0) is 237 Å². The lowest BCUT2D eigenvalue weighted by atomic mass is 9.93. The van der Waals surface area contributed by atoms with E-state index in [0.717, 1.165) is 101 Å². The maximum atomic E-state index is 13.8. The molecule has 10 aliphatic rings. The summed E-state index contributed by atoms with van der Waals surface area (Å²) in [5, 5.41) is 44.2. The molecule has 12 aromatic rings. The molecule has 10 aliphatic heterocycles. The predicted molar refractivity (Wildman–Crippen MR) is 532 cm³/mol. The first-order chi connectivity index (χ1) is 67.5. The lowest BCUT2D eigenvalue weighted by Gasteiger charge is -2.43. The molecule has 25 nitrogen and oxygen atoms in total. The molecule has 11 aromatic carbocycles. The molecule has 0 bridgehead atoms. The molecule has 0 aliphatic carbocycles. The van der Waals surface area contributed by atoms with E-state index in [4.69, 9.17) is 46.4 Å². The largest absolute Gasteiger partial charge is 0.508 e. The second-order valence-corrected chi connectivity index (χ2v) is 37.8. The van der Waals surface area contributed by atoms with Gasteiger partial charge in [0.05, 0.1) is 35.8 Å². The number of aryl methyl sites for hydroxylation is 2. The van der Waals surface area contributed by atoms with Gasteiger partial charge in [0.1, 0.15) is 23.0 Å². The number of nitrogens with zero attached hydrogens (tertiary/aromatic N) is 10. The minimum atomic E-state index is -4.68. The fourth-order valence-electron chi connectivity index (χ4n) is 19.7. The first-order valence-electron chi connectivity index (χ1n) is 45.3. The number of hydrogen-bond donors (Lipinski definition) is 5. The minimum absolute atomic E-state index is 0.00936. The van der Waals surface area contributed by atoms with Crippen LogP contribution in [0.1, 0.15) is 96.3 Å². The van der Waals surface area contributed by atoms with Gasteiger partial charge < -0.3 is 74.4 Å². The van der Waals surface area contributed by atoms with Gasteiger partial charge >= 0.3 is 6.18 Å². The number of hydrogen-bond acceptors (Lipinski definition) is 14. The number of benzene rings is 11. The Balaban J connectivity index is 0.000000117. The van der Waals surface area contributed by atoms with Crippen molar-refractivity contribution in [1.82, 2.24) is 54.0 Å². The summed E-state index contributed by atoms with van der Waals surface area (Å²) >= 11 is 25.1. The molecule has 141 heavy (non-hydrogen) atoms. The van der Waals surface area contributed by atoms with Crippen molar-refractivity contribution in [3.8, 4) is 78.6 Å². The number of nitrogens with one attached hydrogen (secondary N) is 1. The van der Waals surface area contributed by atoms with Gasteiger partial charge in [-0.15, -0.1) is 0 Å². The summed E-state index contributed by atoms with van der Waals surface area (Å²) in [5.41, 5.74) is 15.7. The molecule has 0 atom stereocenters. The number of aromatic hydroxyl groups is 4. The zero-order chi connectivity index (χ0) is 99.9. The van der Waals surface area contributed by atoms with E-state index in [0.29, 0.717) is 127 Å². The van der Waals surface area contributed by atoms with Crippen LogP contribution < -0.4 is 0 Å². The number of para-hydroxylation sites is 1. The van der Waals surface area contributed by atoms with Gasteiger partial charge in [-0.1, -0.05) is 146 Å². The zero-order valence-corrected chi connectivity index (χ0v) is 79.3. The van der Waals surface area contributed by atoms with Gasteiger partial charge in [0, 0.05) is 191 Å². The number of halogens is 7. The Morgan fingerprint density at radius 3 is 1.09 bits per heavy atom. The molecule has 10 amide bonds. The standard InChI is InChI=1S/C25H22N2O3.C22H19N3O2.C21H16ClF3N2O3.C21H19ClN2O3.C20H16Cl2N2O3/c1-3-24(29)26-12-18(13-26)27-14-23-15(2)8-17(10-22(23)25(27)30)21-11-19(28)9-16-6-4-5-7-20(16)21;1-2-21(26)24-12-16(13-24)25-11-15-8-7-14(9-18(15)22(25)27)19-10-23-20-6-4-3-5-17(19)20;1-2-19(29)26-8-12(9-26)27-10-16-15(20(27)30)5-11(6-17(16)21(23,24)25)14-7-13(28)3-4-18(14)22;1-3-20(26)23-9-14(10-23)24-11-18-12(2)6-13(7-17(18)21(24)27)16-8-15(25)4-5-19(16)22;1-2-19(26)23-8-12(9-23)24-10-16-15(20(24)27)5-11(6-18(16)22)14-7-13(25)3-4-17(14)21/h3-11,18,28H,1,12-14H2,2H3;2-10,16,23H,1,11-13H2;2-7,12,28H,1,8-10H2;3-8,14,25H,1,9-11H2,2H3;2-7,12,25H,1,8-10H2. The molecule has 1 aromatic heterocycles.